The Hall–Kier alpha value is -2.34. The molecule has 2 aromatic carbocycles. The molecule has 1 N–H and O–H groups in total. The summed E-state index contributed by atoms with van der Waals surface area (Å²) in [5, 5.41) is 2.79. The van der Waals surface area contributed by atoms with Crippen molar-refractivity contribution in [3.05, 3.63) is 58.8 Å². The van der Waals surface area contributed by atoms with Crippen molar-refractivity contribution in [2.45, 2.75) is 13.8 Å². The van der Waals surface area contributed by atoms with E-state index in [4.69, 9.17) is 0 Å². The average molecular weight is 318 g/mol. The third kappa shape index (κ3) is 2.46. The summed E-state index contributed by atoms with van der Waals surface area (Å²) in [5.41, 5.74) is 1.59. The van der Waals surface area contributed by atoms with E-state index in [0.717, 1.165) is 17.1 Å². The highest BCUT2D eigenvalue weighted by Crippen LogP contribution is 2.27. The summed E-state index contributed by atoms with van der Waals surface area (Å²) in [5.74, 6) is -1.46. The van der Waals surface area contributed by atoms with Crippen LogP contribution in [-0.2, 0) is 0 Å². The molecular weight excluding hydrogens is 306 g/mol. The van der Waals surface area contributed by atoms with Gasteiger partial charge in [0.15, 0.2) is 5.69 Å². The highest BCUT2D eigenvalue weighted by Gasteiger charge is 2.18. The van der Waals surface area contributed by atoms with E-state index in [-0.39, 0.29) is 11.1 Å². The van der Waals surface area contributed by atoms with Crippen molar-refractivity contribution in [2.24, 2.45) is 0 Å². The molecule has 1 aromatic heterocycles. The Bertz CT molecular complexity index is 889. The predicted octanol–water partition coefficient (Wildman–Crippen LogP) is 4.44. The van der Waals surface area contributed by atoms with E-state index in [1.165, 1.54) is 12.1 Å². The molecule has 0 atom stereocenters. The van der Waals surface area contributed by atoms with Gasteiger partial charge in [-0.05, 0) is 54.7 Å². The van der Waals surface area contributed by atoms with Crippen LogP contribution in [0.5, 0.6) is 0 Å². The number of rotatable bonds is 2. The van der Waals surface area contributed by atoms with Crippen molar-refractivity contribution in [3.8, 4) is 0 Å². The summed E-state index contributed by atoms with van der Waals surface area (Å²) in [6.45, 7) is 3.42. The Morgan fingerprint density at radius 2 is 1.91 bits per heavy atom. The molecule has 0 radical (unpaired) electrons. The molecule has 3 aromatic rings. The topological polar surface area (TPSA) is 42.0 Å². The largest absolute Gasteiger partial charge is 0.320 e. The molecule has 0 aliphatic rings. The van der Waals surface area contributed by atoms with Crippen LogP contribution in [0.2, 0.25) is 0 Å². The number of carbonyl (C=O) groups is 1. The minimum Gasteiger partial charge on any atom is -0.320 e. The van der Waals surface area contributed by atoms with Crippen LogP contribution in [0.25, 0.3) is 10.1 Å². The number of anilines is 1. The van der Waals surface area contributed by atoms with E-state index < -0.39 is 17.5 Å². The summed E-state index contributed by atoms with van der Waals surface area (Å²) in [4.78, 5) is 12.3. The van der Waals surface area contributed by atoms with Crippen molar-refractivity contribution >= 4 is 33.2 Å². The minimum atomic E-state index is -0.553. The van der Waals surface area contributed by atoms with Gasteiger partial charge < -0.3 is 5.32 Å². The molecule has 3 rings (SSSR count). The zero-order valence-corrected chi connectivity index (χ0v) is 12.7. The number of benzene rings is 2. The Morgan fingerprint density at radius 1 is 1.14 bits per heavy atom. The number of aryl methyl sites for hydroxylation is 2. The first-order valence-electron chi connectivity index (χ1n) is 6.59. The lowest BCUT2D eigenvalue weighted by Crippen LogP contribution is -2.14. The fourth-order valence-corrected chi connectivity index (χ4v) is 3.04. The monoisotopic (exact) mass is 318 g/mol. The number of hydrogen-bond donors (Lipinski definition) is 1. The van der Waals surface area contributed by atoms with Gasteiger partial charge in [-0.25, -0.2) is 8.78 Å². The van der Waals surface area contributed by atoms with E-state index in [2.05, 4.69) is 9.69 Å². The fourth-order valence-electron chi connectivity index (χ4n) is 2.25. The van der Waals surface area contributed by atoms with Crippen molar-refractivity contribution in [1.82, 2.24) is 4.37 Å². The molecule has 0 spiro atoms. The Kier molecular flexibility index (Phi) is 3.62. The first-order valence-corrected chi connectivity index (χ1v) is 7.36. The molecule has 0 unspecified atom stereocenters. The molecule has 0 saturated heterocycles. The number of carbonyl (C=O) groups excluding carboxylic acids is 1. The summed E-state index contributed by atoms with van der Waals surface area (Å²) in [6, 6.07) is 7.45. The van der Waals surface area contributed by atoms with Crippen LogP contribution in [-0.4, -0.2) is 10.3 Å². The van der Waals surface area contributed by atoms with E-state index in [1.54, 1.807) is 32.0 Å². The van der Waals surface area contributed by atoms with E-state index in [9.17, 15) is 13.6 Å². The minimum absolute atomic E-state index is 0.0125. The van der Waals surface area contributed by atoms with Crippen molar-refractivity contribution < 1.29 is 13.6 Å². The van der Waals surface area contributed by atoms with Crippen molar-refractivity contribution in [2.75, 3.05) is 5.32 Å². The molecule has 3 nitrogen and oxygen atoms in total. The molecule has 22 heavy (non-hydrogen) atoms. The van der Waals surface area contributed by atoms with Gasteiger partial charge >= 0.3 is 0 Å². The Labute approximate surface area is 129 Å². The number of fused-ring (bicyclic) bond motifs is 1. The summed E-state index contributed by atoms with van der Waals surface area (Å²) >= 11 is 1.05. The van der Waals surface area contributed by atoms with E-state index in [1.807, 2.05) is 0 Å². The number of nitrogens with one attached hydrogen (secondary N) is 1. The lowest BCUT2D eigenvalue weighted by Gasteiger charge is -2.09. The molecule has 0 fully saturated rings. The molecule has 1 heterocycles. The molecule has 112 valence electrons. The SMILES string of the molecule is Cc1cc(C)c(NC(=O)c2nsc3cccc(F)c23)cc1F. The standard InChI is InChI=1S/C16H12F2N2OS/c1-8-6-9(2)12(7-11(8)18)19-16(21)15-14-10(17)4-3-5-13(14)22-20-15/h3-7H,1-2H3,(H,19,21). The quantitative estimate of drug-likeness (QED) is 0.759. The third-order valence-corrected chi connectivity index (χ3v) is 4.23. The van der Waals surface area contributed by atoms with Crippen LogP contribution in [0.3, 0.4) is 0 Å². The smallest absolute Gasteiger partial charge is 0.276 e. The second-order valence-corrected chi connectivity index (χ2v) is 5.82. The van der Waals surface area contributed by atoms with Crippen molar-refractivity contribution in [3.63, 3.8) is 0 Å². The second kappa shape index (κ2) is 5.46. The third-order valence-electron chi connectivity index (χ3n) is 3.42. The van der Waals surface area contributed by atoms with Gasteiger partial charge in [0, 0.05) is 5.69 Å². The zero-order chi connectivity index (χ0) is 15.9. The normalized spacial score (nSPS) is 10.9. The Morgan fingerprint density at radius 3 is 2.68 bits per heavy atom. The van der Waals surface area contributed by atoms with Gasteiger partial charge in [-0.15, -0.1) is 0 Å². The van der Waals surface area contributed by atoms with Crippen molar-refractivity contribution in [1.29, 1.82) is 0 Å². The highest BCUT2D eigenvalue weighted by atomic mass is 32.1. The van der Waals surface area contributed by atoms with Gasteiger partial charge in [0.05, 0.1) is 10.1 Å². The van der Waals surface area contributed by atoms with Crippen LogP contribution >= 0.6 is 11.5 Å². The first-order chi connectivity index (χ1) is 10.5. The van der Waals surface area contributed by atoms with E-state index >= 15 is 0 Å². The average Bonchev–Trinajstić information content (AvgIpc) is 2.90. The number of hydrogen-bond acceptors (Lipinski definition) is 3. The predicted molar refractivity (Wildman–Crippen MR) is 83.4 cm³/mol. The fraction of sp³-hybridized carbons (Fsp3) is 0.125. The van der Waals surface area contributed by atoms with Gasteiger partial charge in [0.1, 0.15) is 11.6 Å². The van der Waals surface area contributed by atoms with E-state index in [0.29, 0.717) is 16.0 Å². The molecule has 0 aliphatic carbocycles. The number of amides is 1. The number of halogens is 2. The number of nitrogens with zero attached hydrogens (tertiary/aromatic N) is 1. The summed E-state index contributed by atoms with van der Waals surface area (Å²) < 4.78 is 32.2. The second-order valence-electron chi connectivity index (χ2n) is 5.01. The Balaban J connectivity index is 1.99. The van der Waals surface area contributed by atoms with Gasteiger partial charge in [0.25, 0.3) is 5.91 Å². The summed E-state index contributed by atoms with van der Waals surface area (Å²) in [6.07, 6.45) is 0. The maximum absolute atomic E-state index is 13.9. The van der Waals surface area contributed by atoms with Gasteiger partial charge in [-0.1, -0.05) is 12.1 Å². The van der Waals surface area contributed by atoms with Gasteiger partial charge in [-0.2, -0.15) is 4.37 Å². The maximum atomic E-state index is 13.9. The molecule has 0 bridgehead atoms. The molecule has 6 heteroatoms. The lowest BCUT2D eigenvalue weighted by atomic mass is 10.1. The zero-order valence-electron chi connectivity index (χ0n) is 11.9. The molecule has 1 amide bonds. The molecular formula is C16H12F2N2OS. The van der Waals surface area contributed by atoms with Crippen LogP contribution in [0.15, 0.2) is 30.3 Å². The van der Waals surface area contributed by atoms with Crippen LogP contribution in [0.1, 0.15) is 21.6 Å². The first kappa shape index (κ1) is 14.6. The number of aromatic nitrogens is 1. The summed E-state index contributed by atoms with van der Waals surface area (Å²) in [7, 11) is 0. The maximum Gasteiger partial charge on any atom is 0.276 e. The van der Waals surface area contributed by atoms with Crippen LogP contribution in [0.4, 0.5) is 14.5 Å². The molecule has 0 aliphatic heterocycles. The van der Waals surface area contributed by atoms with Gasteiger partial charge in [-0.3, -0.25) is 4.79 Å². The van der Waals surface area contributed by atoms with Crippen LogP contribution in [0, 0.1) is 25.5 Å². The van der Waals surface area contributed by atoms with Gasteiger partial charge in [0.2, 0.25) is 0 Å². The van der Waals surface area contributed by atoms with Crippen LogP contribution < -0.4 is 5.32 Å². The lowest BCUT2D eigenvalue weighted by molar-refractivity contribution is 0.102. The molecule has 0 saturated carbocycles. The highest BCUT2D eigenvalue weighted by molar-refractivity contribution is 7.13.